The minimum atomic E-state index is -0.403. The van der Waals surface area contributed by atoms with Crippen LogP contribution in [0.2, 0.25) is 5.02 Å². The van der Waals surface area contributed by atoms with Gasteiger partial charge < -0.3 is 9.64 Å². The number of fused-ring (bicyclic) bond motifs is 1. The largest absolute Gasteiger partial charge is 0.496 e. The molecule has 4 nitrogen and oxygen atoms in total. The zero-order chi connectivity index (χ0) is 25.9. The number of hydrogen-bond donors (Lipinski definition) is 0. The molecule has 0 radical (unpaired) electrons. The molecule has 0 atom stereocenters. The molecule has 37 heavy (non-hydrogen) atoms. The van der Waals surface area contributed by atoms with Crippen LogP contribution in [0.3, 0.4) is 0 Å². The number of aromatic nitrogens is 1. The van der Waals surface area contributed by atoms with Gasteiger partial charge >= 0.3 is 0 Å². The number of halogens is 2. The molecule has 7 heteroatoms. The third kappa shape index (κ3) is 5.23. The van der Waals surface area contributed by atoms with Crippen LogP contribution in [0.15, 0.2) is 60.9 Å². The van der Waals surface area contributed by atoms with E-state index in [1.807, 2.05) is 35.2 Å². The second kappa shape index (κ2) is 11.2. The molecule has 4 aromatic rings. The molecular weight excluding hydrogens is 507 g/mol. The fraction of sp³-hybridized carbons (Fsp3) is 0.333. The van der Waals surface area contributed by atoms with E-state index in [1.165, 1.54) is 17.4 Å². The summed E-state index contributed by atoms with van der Waals surface area (Å²) in [6, 6.07) is 14.9. The van der Waals surface area contributed by atoms with Crippen LogP contribution >= 0.6 is 22.9 Å². The van der Waals surface area contributed by atoms with Gasteiger partial charge in [0.2, 0.25) is 0 Å². The summed E-state index contributed by atoms with van der Waals surface area (Å²) in [5.74, 6) is 0.868. The molecule has 0 aliphatic heterocycles. The van der Waals surface area contributed by atoms with Gasteiger partial charge in [-0.05, 0) is 79.1 Å². The zero-order valence-corrected chi connectivity index (χ0v) is 22.6. The van der Waals surface area contributed by atoms with Crippen LogP contribution < -0.4 is 4.74 Å². The lowest BCUT2D eigenvalue weighted by molar-refractivity contribution is 0.0591. The Hall–Kier alpha value is -2.96. The molecule has 1 aliphatic rings. The lowest BCUT2D eigenvalue weighted by atomic mass is 9.83. The first-order valence-electron chi connectivity index (χ1n) is 12.7. The highest BCUT2D eigenvalue weighted by Crippen LogP contribution is 2.40. The Balaban J connectivity index is 1.54. The van der Waals surface area contributed by atoms with Gasteiger partial charge in [-0.3, -0.25) is 9.78 Å². The Labute approximate surface area is 226 Å². The summed E-state index contributed by atoms with van der Waals surface area (Å²) in [6.45, 7) is 2.62. The van der Waals surface area contributed by atoms with Crippen molar-refractivity contribution in [3.8, 4) is 16.9 Å². The van der Waals surface area contributed by atoms with Gasteiger partial charge in [-0.15, -0.1) is 11.3 Å². The number of thiophene rings is 1. The molecule has 1 aliphatic carbocycles. The van der Waals surface area contributed by atoms with E-state index in [-0.39, 0.29) is 17.0 Å². The monoisotopic (exact) mass is 536 g/mol. The first-order valence-corrected chi connectivity index (χ1v) is 13.9. The van der Waals surface area contributed by atoms with E-state index >= 15 is 0 Å². The number of benzene rings is 2. The van der Waals surface area contributed by atoms with Crippen LogP contribution in [0.25, 0.3) is 21.2 Å². The number of ether oxygens (including phenoxy) is 1. The molecule has 2 aromatic carbocycles. The molecule has 1 saturated carbocycles. The molecule has 1 amide bonds. The molecule has 0 bridgehead atoms. The van der Waals surface area contributed by atoms with Crippen molar-refractivity contribution in [3.63, 3.8) is 0 Å². The van der Waals surface area contributed by atoms with E-state index in [0.29, 0.717) is 27.4 Å². The van der Waals surface area contributed by atoms with E-state index in [2.05, 4.69) is 18.0 Å². The highest BCUT2D eigenvalue weighted by molar-refractivity contribution is 7.21. The maximum absolute atomic E-state index is 14.6. The number of methoxy groups -OCH3 is 1. The molecule has 0 spiro atoms. The van der Waals surface area contributed by atoms with E-state index in [9.17, 15) is 9.18 Å². The van der Waals surface area contributed by atoms with Crippen molar-refractivity contribution in [2.75, 3.05) is 7.11 Å². The van der Waals surface area contributed by atoms with E-state index < -0.39 is 5.82 Å². The fourth-order valence-electron chi connectivity index (χ4n) is 5.38. The molecule has 0 unspecified atom stereocenters. The molecule has 192 valence electrons. The number of nitrogens with zero attached hydrogens (tertiary/aromatic N) is 2. The van der Waals surface area contributed by atoms with Crippen LogP contribution in [-0.2, 0) is 6.54 Å². The van der Waals surface area contributed by atoms with Crippen molar-refractivity contribution in [1.29, 1.82) is 0 Å². The number of amides is 1. The summed E-state index contributed by atoms with van der Waals surface area (Å²) in [6.07, 6.45) is 8.75. The lowest BCUT2D eigenvalue weighted by Crippen LogP contribution is -2.41. The van der Waals surface area contributed by atoms with Crippen molar-refractivity contribution < 1.29 is 13.9 Å². The molecule has 1 fully saturated rings. The highest BCUT2D eigenvalue weighted by Gasteiger charge is 2.32. The van der Waals surface area contributed by atoms with E-state index in [0.717, 1.165) is 54.5 Å². The Kier molecular flexibility index (Phi) is 7.77. The van der Waals surface area contributed by atoms with Crippen molar-refractivity contribution in [3.05, 3.63) is 82.2 Å². The summed E-state index contributed by atoms with van der Waals surface area (Å²) >= 11 is 7.91. The minimum Gasteiger partial charge on any atom is -0.496 e. The van der Waals surface area contributed by atoms with Gasteiger partial charge in [0.15, 0.2) is 0 Å². The summed E-state index contributed by atoms with van der Waals surface area (Å²) < 4.78 is 21.0. The third-order valence-corrected chi connectivity index (χ3v) is 9.16. The molecular formula is C30H30ClFN2O2S. The van der Waals surface area contributed by atoms with Gasteiger partial charge in [-0.1, -0.05) is 37.1 Å². The van der Waals surface area contributed by atoms with Gasteiger partial charge in [0, 0.05) is 40.6 Å². The maximum atomic E-state index is 14.6. The van der Waals surface area contributed by atoms with Crippen molar-refractivity contribution in [2.45, 2.75) is 51.6 Å². The highest BCUT2D eigenvalue weighted by atomic mass is 35.5. The topological polar surface area (TPSA) is 42.4 Å². The van der Waals surface area contributed by atoms with E-state index in [4.69, 9.17) is 16.3 Å². The Morgan fingerprint density at radius 2 is 1.86 bits per heavy atom. The quantitative estimate of drug-likeness (QED) is 0.238. The van der Waals surface area contributed by atoms with E-state index in [1.54, 1.807) is 25.6 Å². The smallest absolute Gasteiger partial charge is 0.266 e. The van der Waals surface area contributed by atoms with Crippen LogP contribution in [0.4, 0.5) is 4.39 Å². The molecule has 2 heterocycles. The molecule has 2 aromatic heterocycles. The fourth-order valence-corrected chi connectivity index (χ4v) is 6.89. The van der Waals surface area contributed by atoms with Gasteiger partial charge in [0.1, 0.15) is 16.4 Å². The second-order valence-corrected chi connectivity index (χ2v) is 11.1. The first-order chi connectivity index (χ1) is 18.0. The number of carbonyl (C=O) groups excluding carboxylic acids is 1. The third-order valence-electron chi connectivity index (χ3n) is 7.53. The number of hydrogen-bond acceptors (Lipinski definition) is 4. The average molecular weight is 537 g/mol. The van der Waals surface area contributed by atoms with Gasteiger partial charge in [0.05, 0.1) is 12.1 Å². The lowest BCUT2D eigenvalue weighted by Gasteiger charge is -2.37. The Bertz CT molecular complexity index is 1400. The van der Waals surface area contributed by atoms with Crippen LogP contribution in [0.1, 0.15) is 54.3 Å². The first kappa shape index (κ1) is 25.7. The van der Waals surface area contributed by atoms with Crippen molar-refractivity contribution in [1.82, 2.24) is 9.88 Å². The van der Waals surface area contributed by atoms with Crippen LogP contribution in [-0.4, -0.2) is 28.9 Å². The molecule has 0 N–H and O–H groups in total. The molecule has 0 saturated heterocycles. The second-order valence-electron chi connectivity index (χ2n) is 9.64. The SMILES string of the molecule is CC[C@H]1CC[C@H](N(Cc2cc(-c3ccncc3)ccc2OC)C(=O)c2sc3cccc(F)c3c2Cl)CC1. The number of carbonyl (C=O) groups is 1. The predicted molar refractivity (Wildman–Crippen MR) is 149 cm³/mol. The average Bonchev–Trinajstić information content (AvgIpc) is 3.29. The van der Waals surface area contributed by atoms with Crippen molar-refractivity contribution in [2.24, 2.45) is 5.92 Å². The van der Waals surface area contributed by atoms with Crippen molar-refractivity contribution >= 4 is 38.9 Å². The Morgan fingerprint density at radius 1 is 1.11 bits per heavy atom. The number of rotatable bonds is 7. The molecule has 5 rings (SSSR count). The summed E-state index contributed by atoms with van der Waals surface area (Å²) in [4.78, 5) is 20.6. The van der Waals surface area contributed by atoms with Gasteiger partial charge in [-0.2, -0.15) is 0 Å². The van der Waals surface area contributed by atoms with Crippen LogP contribution in [0, 0.1) is 11.7 Å². The maximum Gasteiger partial charge on any atom is 0.266 e. The normalized spacial score (nSPS) is 17.6. The van der Waals surface area contributed by atoms with Gasteiger partial charge in [0.25, 0.3) is 5.91 Å². The Morgan fingerprint density at radius 3 is 2.54 bits per heavy atom. The standard InChI is InChI=1S/C30H30ClFN2O2S/c1-3-19-7-10-23(11-8-19)34(30(35)29-28(31)27-24(32)5-4-6-26(27)37-29)18-22-17-21(9-12-25(22)36-2)20-13-15-33-16-14-20/h4-6,9,12-17,19,23H,3,7-8,10-11,18H2,1-2H3/t19-,23-. The summed E-state index contributed by atoms with van der Waals surface area (Å²) in [5.41, 5.74) is 3.00. The number of pyridine rings is 1. The summed E-state index contributed by atoms with van der Waals surface area (Å²) in [7, 11) is 1.65. The predicted octanol–water partition coefficient (Wildman–Crippen LogP) is 8.38. The zero-order valence-electron chi connectivity index (χ0n) is 21.0. The summed E-state index contributed by atoms with van der Waals surface area (Å²) in [5, 5.41) is 0.525. The van der Waals surface area contributed by atoms with Gasteiger partial charge in [-0.25, -0.2) is 4.39 Å². The van der Waals surface area contributed by atoms with Crippen LogP contribution in [0.5, 0.6) is 5.75 Å². The minimum absolute atomic E-state index is 0.0794.